The van der Waals surface area contributed by atoms with Crippen LogP contribution in [0.25, 0.3) is 0 Å². The number of aryl methyl sites for hydroxylation is 1. The number of hydrogen-bond acceptors (Lipinski definition) is 6. The number of nitrogens with one attached hydrogen (secondary N) is 1. The summed E-state index contributed by atoms with van der Waals surface area (Å²) in [6, 6.07) is 2.56. The van der Waals surface area contributed by atoms with E-state index in [1.165, 1.54) is 35.9 Å². The van der Waals surface area contributed by atoms with Crippen LogP contribution in [-0.2, 0) is 6.54 Å². The number of carbonyl (C=O) groups excluding carboxylic acids is 1. The summed E-state index contributed by atoms with van der Waals surface area (Å²) in [5.41, 5.74) is 3.02. The molecule has 1 aliphatic carbocycles. The number of nitrogens with zero attached hydrogens (tertiary/aromatic N) is 3. The first-order valence-electron chi connectivity index (χ1n) is 7.51. The third-order valence-corrected chi connectivity index (χ3v) is 5.82. The summed E-state index contributed by atoms with van der Waals surface area (Å²) in [5.74, 6) is 0.566. The van der Waals surface area contributed by atoms with E-state index in [1.54, 1.807) is 0 Å². The maximum absolute atomic E-state index is 12.4. The molecule has 0 unspecified atom stereocenters. The maximum atomic E-state index is 12.4. The molecule has 1 fully saturated rings. The standard InChI is InChI=1S/C15H20N4OS2/c1-4-19-9(2)7-12(10(19)3)13(20)8-21-15-18-17-14(22-15)16-11-5-6-11/h7,11H,4-6,8H2,1-3H3,(H,16,17). The molecule has 5 nitrogen and oxygen atoms in total. The highest BCUT2D eigenvalue weighted by Crippen LogP contribution is 2.30. The average molecular weight is 336 g/mol. The van der Waals surface area contributed by atoms with Gasteiger partial charge in [-0.1, -0.05) is 23.1 Å². The normalized spacial score (nSPS) is 14.3. The lowest BCUT2D eigenvalue weighted by Gasteiger charge is -2.05. The molecule has 0 aromatic carbocycles. The lowest BCUT2D eigenvalue weighted by atomic mass is 10.2. The molecule has 0 radical (unpaired) electrons. The van der Waals surface area contributed by atoms with Gasteiger partial charge in [0, 0.05) is 29.5 Å². The molecule has 2 heterocycles. The molecule has 1 saturated carbocycles. The van der Waals surface area contributed by atoms with Crippen LogP contribution < -0.4 is 5.32 Å². The summed E-state index contributed by atoms with van der Waals surface area (Å²) in [6.45, 7) is 7.04. The van der Waals surface area contributed by atoms with E-state index in [4.69, 9.17) is 0 Å². The van der Waals surface area contributed by atoms with Gasteiger partial charge in [-0.05, 0) is 39.7 Å². The van der Waals surface area contributed by atoms with Crippen LogP contribution in [0.2, 0.25) is 0 Å². The van der Waals surface area contributed by atoms with Gasteiger partial charge in [-0.3, -0.25) is 4.79 Å². The maximum Gasteiger partial charge on any atom is 0.206 e. The molecule has 1 aliphatic rings. The predicted molar refractivity (Wildman–Crippen MR) is 91.2 cm³/mol. The highest BCUT2D eigenvalue weighted by molar-refractivity contribution is 8.01. The SMILES string of the molecule is CCn1c(C)cc(C(=O)CSc2nnc(NC3CC3)s2)c1C. The Hall–Kier alpha value is -1.34. The fourth-order valence-electron chi connectivity index (χ4n) is 2.50. The second kappa shape index (κ2) is 6.42. The van der Waals surface area contributed by atoms with Crippen LogP contribution in [0, 0.1) is 13.8 Å². The lowest BCUT2D eigenvalue weighted by Crippen LogP contribution is -2.05. The predicted octanol–water partition coefficient (Wildman–Crippen LogP) is 3.53. The van der Waals surface area contributed by atoms with E-state index >= 15 is 0 Å². The van der Waals surface area contributed by atoms with E-state index in [0.29, 0.717) is 11.8 Å². The Bertz CT molecular complexity index is 688. The third kappa shape index (κ3) is 3.35. The number of aromatic nitrogens is 3. The molecule has 118 valence electrons. The van der Waals surface area contributed by atoms with Gasteiger partial charge in [0.2, 0.25) is 5.13 Å². The minimum Gasteiger partial charge on any atom is -0.357 e. The summed E-state index contributed by atoms with van der Waals surface area (Å²) in [7, 11) is 0. The van der Waals surface area contributed by atoms with Gasteiger partial charge >= 0.3 is 0 Å². The number of ketones is 1. The van der Waals surface area contributed by atoms with Crippen LogP contribution in [0.15, 0.2) is 10.4 Å². The molecule has 0 saturated heterocycles. The van der Waals surface area contributed by atoms with E-state index in [-0.39, 0.29) is 5.78 Å². The zero-order valence-electron chi connectivity index (χ0n) is 13.0. The van der Waals surface area contributed by atoms with E-state index in [9.17, 15) is 4.79 Å². The molecule has 2 aromatic rings. The Labute approximate surface area is 138 Å². The summed E-state index contributed by atoms with van der Waals surface area (Å²) >= 11 is 3.00. The van der Waals surface area contributed by atoms with Gasteiger partial charge in [-0.15, -0.1) is 10.2 Å². The van der Waals surface area contributed by atoms with Gasteiger partial charge in [-0.2, -0.15) is 0 Å². The number of rotatable bonds is 7. The quantitative estimate of drug-likeness (QED) is 0.619. The zero-order valence-corrected chi connectivity index (χ0v) is 14.7. The number of Topliss-reactive ketones (excluding diaryl/α,β-unsaturated/α-hetero) is 1. The van der Waals surface area contributed by atoms with E-state index in [2.05, 4.69) is 27.0 Å². The van der Waals surface area contributed by atoms with Crippen molar-refractivity contribution in [3.05, 3.63) is 23.0 Å². The molecule has 3 rings (SSSR count). The van der Waals surface area contributed by atoms with Crippen molar-refractivity contribution in [2.24, 2.45) is 0 Å². The molecule has 0 aliphatic heterocycles. The van der Waals surface area contributed by atoms with E-state index in [0.717, 1.165) is 33.0 Å². The first-order chi connectivity index (χ1) is 10.6. The number of anilines is 1. The highest BCUT2D eigenvalue weighted by Gasteiger charge is 2.22. The van der Waals surface area contributed by atoms with Crippen LogP contribution in [0.4, 0.5) is 5.13 Å². The van der Waals surface area contributed by atoms with Crippen molar-refractivity contribution in [1.29, 1.82) is 0 Å². The molecule has 22 heavy (non-hydrogen) atoms. The molecular weight excluding hydrogens is 316 g/mol. The highest BCUT2D eigenvalue weighted by atomic mass is 32.2. The zero-order chi connectivity index (χ0) is 15.7. The Morgan fingerprint density at radius 2 is 2.23 bits per heavy atom. The summed E-state index contributed by atoms with van der Waals surface area (Å²) < 4.78 is 3.02. The van der Waals surface area contributed by atoms with Crippen LogP contribution in [0.1, 0.15) is 41.5 Å². The number of thioether (sulfide) groups is 1. The van der Waals surface area contributed by atoms with Crippen molar-refractivity contribution in [2.45, 2.75) is 50.5 Å². The van der Waals surface area contributed by atoms with Gasteiger partial charge < -0.3 is 9.88 Å². The van der Waals surface area contributed by atoms with Crippen LogP contribution >= 0.6 is 23.1 Å². The van der Waals surface area contributed by atoms with Gasteiger partial charge in [0.25, 0.3) is 0 Å². The fraction of sp³-hybridized carbons (Fsp3) is 0.533. The van der Waals surface area contributed by atoms with Crippen molar-refractivity contribution in [3.63, 3.8) is 0 Å². The minimum absolute atomic E-state index is 0.157. The summed E-state index contributed by atoms with van der Waals surface area (Å²) in [4.78, 5) is 12.4. The largest absolute Gasteiger partial charge is 0.357 e. The smallest absolute Gasteiger partial charge is 0.206 e. The first kappa shape index (κ1) is 15.6. The van der Waals surface area contributed by atoms with E-state index < -0.39 is 0 Å². The third-order valence-electron chi connectivity index (χ3n) is 3.83. The Morgan fingerprint density at radius 3 is 2.86 bits per heavy atom. The molecule has 0 spiro atoms. The topological polar surface area (TPSA) is 59.8 Å². The first-order valence-corrected chi connectivity index (χ1v) is 9.31. The van der Waals surface area contributed by atoms with Crippen molar-refractivity contribution in [3.8, 4) is 0 Å². The van der Waals surface area contributed by atoms with Crippen molar-refractivity contribution in [1.82, 2.24) is 14.8 Å². The monoisotopic (exact) mass is 336 g/mol. The second-order valence-corrected chi connectivity index (χ2v) is 7.73. The molecule has 2 aromatic heterocycles. The lowest BCUT2D eigenvalue weighted by molar-refractivity contribution is 0.102. The molecule has 7 heteroatoms. The van der Waals surface area contributed by atoms with Gasteiger partial charge in [-0.25, -0.2) is 0 Å². The fourth-order valence-corrected chi connectivity index (χ4v) is 4.22. The molecule has 0 bridgehead atoms. The average Bonchev–Trinajstić information content (AvgIpc) is 3.11. The molecule has 0 atom stereocenters. The van der Waals surface area contributed by atoms with Gasteiger partial charge in [0.15, 0.2) is 10.1 Å². The van der Waals surface area contributed by atoms with Crippen LogP contribution in [0.5, 0.6) is 0 Å². The number of carbonyl (C=O) groups is 1. The summed E-state index contributed by atoms with van der Waals surface area (Å²) in [5, 5.41) is 12.4. The van der Waals surface area contributed by atoms with Crippen molar-refractivity contribution in [2.75, 3.05) is 11.1 Å². The second-order valence-electron chi connectivity index (χ2n) is 5.53. The molecule has 1 N–H and O–H groups in total. The van der Waals surface area contributed by atoms with Gasteiger partial charge in [0.05, 0.1) is 5.75 Å². The van der Waals surface area contributed by atoms with E-state index in [1.807, 2.05) is 19.9 Å². The molecular formula is C15H20N4OS2. The Morgan fingerprint density at radius 1 is 1.45 bits per heavy atom. The summed E-state index contributed by atoms with van der Waals surface area (Å²) in [6.07, 6.45) is 2.43. The molecule has 0 amide bonds. The van der Waals surface area contributed by atoms with Crippen molar-refractivity contribution < 1.29 is 4.79 Å². The van der Waals surface area contributed by atoms with Crippen molar-refractivity contribution >= 4 is 34.0 Å². The van der Waals surface area contributed by atoms with Gasteiger partial charge in [0.1, 0.15) is 0 Å². The Balaban J connectivity index is 1.60. The number of hydrogen-bond donors (Lipinski definition) is 1. The minimum atomic E-state index is 0.157. The Kier molecular flexibility index (Phi) is 4.54. The van der Waals surface area contributed by atoms with Crippen LogP contribution in [0.3, 0.4) is 0 Å². The van der Waals surface area contributed by atoms with Crippen LogP contribution in [-0.4, -0.2) is 32.3 Å².